The van der Waals surface area contributed by atoms with Crippen LogP contribution in [0.25, 0.3) is 0 Å². The highest BCUT2D eigenvalue weighted by atomic mass is 16.5. The van der Waals surface area contributed by atoms with E-state index in [4.69, 9.17) is 4.74 Å². The first-order valence-corrected chi connectivity index (χ1v) is 5.79. The quantitative estimate of drug-likeness (QED) is 0.285. The van der Waals surface area contributed by atoms with Crippen molar-refractivity contribution in [3.05, 3.63) is 25.0 Å². The van der Waals surface area contributed by atoms with Crippen LogP contribution in [0.2, 0.25) is 0 Å². The maximum Gasteiger partial charge on any atom is 0.0875 e. The van der Waals surface area contributed by atoms with Crippen LogP contribution in [0.4, 0.5) is 0 Å². The molecule has 0 aliphatic heterocycles. The van der Waals surface area contributed by atoms with Crippen molar-refractivity contribution in [3.63, 3.8) is 0 Å². The molecular weight excluding hydrogens is 172 g/mol. The van der Waals surface area contributed by atoms with Crippen molar-refractivity contribution in [2.24, 2.45) is 0 Å². The standard InChI is InChI=1S/C13H24O/c1-3-5-6-7-8-9-10-11-12-13-14-4-2/h4,9-10H,2-3,5-8,11-13H2,1H3/b10-9+. The lowest BCUT2D eigenvalue weighted by Gasteiger charge is -1.96. The van der Waals surface area contributed by atoms with Gasteiger partial charge in [0.15, 0.2) is 0 Å². The lowest BCUT2D eigenvalue weighted by molar-refractivity contribution is 0.247. The number of hydrogen-bond donors (Lipinski definition) is 0. The third-order valence-electron chi connectivity index (χ3n) is 2.14. The average Bonchev–Trinajstić information content (AvgIpc) is 2.21. The number of rotatable bonds is 10. The highest BCUT2D eigenvalue weighted by molar-refractivity contribution is 4.81. The SMILES string of the molecule is C=COCCC/C=C/CCCCCC. The number of unbranched alkanes of at least 4 members (excludes halogenated alkanes) is 5. The molecule has 1 heteroatoms. The summed E-state index contributed by atoms with van der Waals surface area (Å²) < 4.78 is 5.02. The van der Waals surface area contributed by atoms with Crippen molar-refractivity contribution >= 4 is 0 Å². The molecule has 0 bridgehead atoms. The Balaban J connectivity index is 2.99. The Bertz CT molecular complexity index is 138. The van der Waals surface area contributed by atoms with Crippen LogP contribution in [0.1, 0.15) is 51.9 Å². The van der Waals surface area contributed by atoms with Crippen molar-refractivity contribution < 1.29 is 4.74 Å². The molecule has 0 saturated heterocycles. The molecule has 0 rings (SSSR count). The van der Waals surface area contributed by atoms with Gasteiger partial charge in [0.1, 0.15) is 0 Å². The molecule has 0 spiro atoms. The minimum absolute atomic E-state index is 0.795. The molecule has 0 aromatic heterocycles. The second-order valence-corrected chi connectivity index (χ2v) is 3.50. The molecule has 0 aromatic rings. The third-order valence-corrected chi connectivity index (χ3v) is 2.14. The van der Waals surface area contributed by atoms with Crippen LogP contribution in [-0.2, 0) is 4.74 Å². The van der Waals surface area contributed by atoms with Gasteiger partial charge in [-0.2, -0.15) is 0 Å². The van der Waals surface area contributed by atoms with Gasteiger partial charge in [-0.25, -0.2) is 0 Å². The Hall–Kier alpha value is -0.720. The van der Waals surface area contributed by atoms with Gasteiger partial charge in [0.25, 0.3) is 0 Å². The molecule has 0 radical (unpaired) electrons. The molecule has 0 fully saturated rings. The van der Waals surface area contributed by atoms with Crippen LogP contribution in [0.5, 0.6) is 0 Å². The van der Waals surface area contributed by atoms with E-state index in [9.17, 15) is 0 Å². The van der Waals surface area contributed by atoms with Gasteiger partial charge in [0, 0.05) is 0 Å². The minimum atomic E-state index is 0.795. The van der Waals surface area contributed by atoms with Crippen molar-refractivity contribution in [1.82, 2.24) is 0 Å². The van der Waals surface area contributed by atoms with E-state index >= 15 is 0 Å². The molecule has 0 heterocycles. The molecule has 0 aliphatic rings. The summed E-state index contributed by atoms with van der Waals surface area (Å²) in [6.07, 6.45) is 14.9. The highest BCUT2D eigenvalue weighted by Crippen LogP contribution is 2.03. The van der Waals surface area contributed by atoms with E-state index < -0.39 is 0 Å². The lowest BCUT2D eigenvalue weighted by atomic mass is 10.1. The van der Waals surface area contributed by atoms with E-state index in [0.29, 0.717) is 0 Å². The first-order chi connectivity index (χ1) is 6.91. The van der Waals surface area contributed by atoms with Gasteiger partial charge in [0.05, 0.1) is 12.9 Å². The number of ether oxygens (including phenoxy) is 1. The van der Waals surface area contributed by atoms with E-state index in [1.165, 1.54) is 38.4 Å². The summed E-state index contributed by atoms with van der Waals surface area (Å²) >= 11 is 0. The third kappa shape index (κ3) is 11.3. The molecule has 0 aliphatic carbocycles. The molecule has 0 N–H and O–H groups in total. The molecule has 0 unspecified atom stereocenters. The van der Waals surface area contributed by atoms with Crippen LogP contribution in [0.3, 0.4) is 0 Å². The van der Waals surface area contributed by atoms with Gasteiger partial charge < -0.3 is 4.74 Å². The van der Waals surface area contributed by atoms with E-state index in [0.717, 1.165) is 19.4 Å². The second kappa shape index (κ2) is 12.3. The minimum Gasteiger partial charge on any atom is -0.502 e. The Morgan fingerprint density at radius 1 is 1.00 bits per heavy atom. The Morgan fingerprint density at radius 3 is 2.36 bits per heavy atom. The first-order valence-electron chi connectivity index (χ1n) is 5.79. The lowest BCUT2D eigenvalue weighted by Crippen LogP contribution is -1.84. The number of allylic oxidation sites excluding steroid dienone is 2. The summed E-state index contributed by atoms with van der Waals surface area (Å²) in [5, 5.41) is 0. The van der Waals surface area contributed by atoms with Crippen LogP contribution < -0.4 is 0 Å². The van der Waals surface area contributed by atoms with Crippen LogP contribution in [0.15, 0.2) is 25.0 Å². The Kier molecular flexibility index (Phi) is 11.6. The summed E-state index contributed by atoms with van der Waals surface area (Å²) in [5.74, 6) is 0. The van der Waals surface area contributed by atoms with Gasteiger partial charge in [-0.15, -0.1) is 0 Å². The molecule has 0 aromatic carbocycles. The fourth-order valence-corrected chi connectivity index (χ4v) is 1.29. The summed E-state index contributed by atoms with van der Waals surface area (Å²) in [4.78, 5) is 0. The van der Waals surface area contributed by atoms with Crippen molar-refractivity contribution in [3.8, 4) is 0 Å². The topological polar surface area (TPSA) is 9.23 Å². The number of hydrogen-bond acceptors (Lipinski definition) is 1. The zero-order valence-corrected chi connectivity index (χ0v) is 9.50. The predicted molar refractivity (Wildman–Crippen MR) is 63.3 cm³/mol. The van der Waals surface area contributed by atoms with Gasteiger partial charge >= 0.3 is 0 Å². The zero-order chi connectivity index (χ0) is 10.5. The Labute approximate surface area is 88.9 Å². The van der Waals surface area contributed by atoms with E-state index in [1.807, 2.05) is 0 Å². The predicted octanol–water partition coefficient (Wildman–Crippen LogP) is 4.45. The van der Waals surface area contributed by atoms with Gasteiger partial charge in [0.2, 0.25) is 0 Å². The summed E-state index contributed by atoms with van der Waals surface area (Å²) in [7, 11) is 0. The molecule has 82 valence electrons. The van der Waals surface area contributed by atoms with Crippen molar-refractivity contribution in [2.45, 2.75) is 51.9 Å². The van der Waals surface area contributed by atoms with Crippen LogP contribution in [0, 0.1) is 0 Å². The highest BCUT2D eigenvalue weighted by Gasteiger charge is 1.85. The second-order valence-electron chi connectivity index (χ2n) is 3.50. The van der Waals surface area contributed by atoms with Crippen LogP contribution in [-0.4, -0.2) is 6.61 Å². The van der Waals surface area contributed by atoms with Crippen molar-refractivity contribution in [1.29, 1.82) is 0 Å². The summed E-state index contributed by atoms with van der Waals surface area (Å²) in [6, 6.07) is 0. The molecule has 0 saturated carbocycles. The van der Waals surface area contributed by atoms with Gasteiger partial charge in [-0.05, 0) is 25.7 Å². The average molecular weight is 196 g/mol. The maximum absolute atomic E-state index is 5.02. The summed E-state index contributed by atoms with van der Waals surface area (Å²) in [5.41, 5.74) is 0. The molecule has 1 nitrogen and oxygen atoms in total. The fraction of sp³-hybridized carbons (Fsp3) is 0.692. The first kappa shape index (κ1) is 13.3. The summed E-state index contributed by atoms with van der Waals surface area (Å²) in [6.45, 7) is 6.54. The van der Waals surface area contributed by atoms with Gasteiger partial charge in [-0.1, -0.05) is 44.9 Å². The molecular formula is C13H24O. The zero-order valence-electron chi connectivity index (χ0n) is 9.50. The van der Waals surface area contributed by atoms with Crippen molar-refractivity contribution in [2.75, 3.05) is 6.61 Å². The Morgan fingerprint density at radius 2 is 1.71 bits per heavy atom. The molecule has 0 atom stereocenters. The molecule has 14 heavy (non-hydrogen) atoms. The molecule has 0 amide bonds. The van der Waals surface area contributed by atoms with Gasteiger partial charge in [-0.3, -0.25) is 0 Å². The van der Waals surface area contributed by atoms with E-state index in [1.54, 1.807) is 0 Å². The maximum atomic E-state index is 5.02. The normalized spacial score (nSPS) is 10.6. The van der Waals surface area contributed by atoms with Crippen LogP contribution >= 0.6 is 0 Å². The fourth-order valence-electron chi connectivity index (χ4n) is 1.29. The monoisotopic (exact) mass is 196 g/mol. The van der Waals surface area contributed by atoms with E-state index in [2.05, 4.69) is 25.7 Å². The largest absolute Gasteiger partial charge is 0.502 e. The van der Waals surface area contributed by atoms with E-state index in [-0.39, 0.29) is 0 Å². The smallest absolute Gasteiger partial charge is 0.0875 e.